The molecule has 2 atom stereocenters. The number of hydrogen-bond acceptors (Lipinski definition) is 3. The van der Waals surface area contributed by atoms with Gasteiger partial charge in [-0.2, -0.15) is 0 Å². The molecule has 1 aromatic heterocycles. The monoisotopic (exact) mass is 293 g/mol. The molecule has 3 rings (SSSR count). The van der Waals surface area contributed by atoms with Crippen LogP contribution in [0.4, 0.5) is 8.78 Å². The molecule has 1 aliphatic rings. The fourth-order valence-corrected chi connectivity index (χ4v) is 2.63. The normalized spacial score (nSPS) is 21.8. The maximum atomic E-state index is 13.4. The summed E-state index contributed by atoms with van der Waals surface area (Å²) in [7, 11) is 0. The SMILES string of the molecule is O=C(c1ccoc1)N1C[C@H](O)C[C@H]1c1ccc(F)c(F)c1. The average Bonchev–Trinajstić information content (AvgIpc) is 3.10. The maximum Gasteiger partial charge on any atom is 0.257 e. The lowest BCUT2D eigenvalue weighted by atomic mass is 10.0. The zero-order chi connectivity index (χ0) is 15.0. The summed E-state index contributed by atoms with van der Waals surface area (Å²) in [5.41, 5.74) is 0.818. The Balaban J connectivity index is 1.92. The molecule has 1 amide bonds. The van der Waals surface area contributed by atoms with Crippen molar-refractivity contribution in [1.82, 2.24) is 4.90 Å². The molecule has 4 nitrogen and oxygen atoms in total. The van der Waals surface area contributed by atoms with Crippen LogP contribution in [-0.2, 0) is 0 Å². The summed E-state index contributed by atoms with van der Waals surface area (Å²) in [6.07, 6.45) is 2.29. The van der Waals surface area contributed by atoms with Gasteiger partial charge in [-0.25, -0.2) is 8.78 Å². The van der Waals surface area contributed by atoms with E-state index >= 15 is 0 Å². The van der Waals surface area contributed by atoms with Crippen LogP contribution in [0.15, 0.2) is 41.2 Å². The summed E-state index contributed by atoms with van der Waals surface area (Å²) in [5.74, 6) is -2.22. The van der Waals surface area contributed by atoms with Crippen LogP contribution in [0.25, 0.3) is 0 Å². The van der Waals surface area contributed by atoms with Crippen LogP contribution in [0.1, 0.15) is 28.4 Å². The maximum absolute atomic E-state index is 13.4. The molecule has 1 N–H and O–H groups in total. The molecular formula is C15H13F2NO3. The van der Waals surface area contributed by atoms with Crippen molar-refractivity contribution in [2.24, 2.45) is 0 Å². The summed E-state index contributed by atoms with van der Waals surface area (Å²) >= 11 is 0. The number of amides is 1. The molecular weight excluding hydrogens is 280 g/mol. The van der Waals surface area contributed by atoms with Crippen LogP contribution in [0.3, 0.4) is 0 Å². The van der Waals surface area contributed by atoms with Crippen molar-refractivity contribution in [3.63, 3.8) is 0 Å². The van der Waals surface area contributed by atoms with Crippen LogP contribution < -0.4 is 0 Å². The Kier molecular flexibility index (Phi) is 3.47. The largest absolute Gasteiger partial charge is 0.472 e. The summed E-state index contributed by atoms with van der Waals surface area (Å²) in [4.78, 5) is 13.8. The Labute approximate surface area is 119 Å². The second kappa shape index (κ2) is 5.29. The number of β-amino-alcohol motifs (C(OH)–C–C–N with tert-alkyl or cyclic N) is 1. The topological polar surface area (TPSA) is 53.7 Å². The average molecular weight is 293 g/mol. The number of aliphatic hydroxyl groups excluding tert-OH is 1. The highest BCUT2D eigenvalue weighted by Gasteiger charge is 2.36. The van der Waals surface area contributed by atoms with Gasteiger partial charge in [0.15, 0.2) is 11.6 Å². The molecule has 2 aromatic rings. The fraction of sp³-hybridized carbons (Fsp3) is 0.267. The summed E-state index contributed by atoms with van der Waals surface area (Å²) in [5, 5.41) is 9.82. The van der Waals surface area contributed by atoms with E-state index in [9.17, 15) is 18.7 Å². The van der Waals surface area contributed by atoms with Crippen molar-refractivity contribution in [2.75, 3.05) is 6.54 Å². The molecule has 1 aromatic carbocycles. The van der Waals surface area contributed by atoms with Gasteiger partial charge in [-0.1, -0.05) is 6.07 Å². The zero-order valence-corrected chi connectivity index (χ0v) is 11.0. The fourth-order valence-electron chi connectivity index (χ4n) is 2.63. The number of hydrogen-bond donors (Lipinski definition) is 1. The third-order valence-corrected chi connectivity index (χ3v) is 3.64. The minimum Gasteiger partial charge on any atom is -0.472 e. The smallest absolute Gasteiger partial charge is 0.257 e. The molecule has 0 saturated carbocycles. The number of rotatable bonds is 2. The highest BCUT2D eigenvalue weighted by molar-refractivity contribution is 5.94. The molecule has 0 radical (unpaired) electrons. The van der Waals surface area contributed by atoms with Gasteiger partial charge in [-0.05, 0) is 30.2 Å². The Morgan fingerprint density at radius 3 is 2.76 bits per heavy atom. The van der Waals surface area contributed by atoms with Gasteiger partial charge in [-0.15, -0.1) is 0 Å². The molecule has 21 heavy (non-hydrogen) atoms. The van der Waals surface area contributed by atoms with Gasteiger partial charge >= 0.3 is 0 Å². The molecule has 1 fully saturated rings. The van der Waals surface area contributed by atoms with E-state index in [1.165, 1.54) is 29.6 Å². The Hall–Kier alpha value is -2.21. The van der Waals surface area contributed by atoms with E-state index < -0.39 is 23.8 Å². The number of halogens is 2. The molecule has 0 aliphatic carbocycles. The first-order chi connectivity index (χ1) is 10.1. The second-order valence-corrected chi connectivity index (χ2v) is 5.05. The second-order valence-electron chi connectivity index (χ2n) is 5.05. The third-order valence-electron chi connectivity index (χ3n) is 3.64. The van der Waals surface area contributed by atoms with E-state index in [-0.39, 0.29) is 18.9 Å². The molecule has 0 spiro atoms. The number of benzene rings is 1. The summed E-state index contributed by atoms with van der Waals surface area (Å²) in [6.45, 7) is 0.147. The Bertz CT molecular complexity index is 657. The number of nitrogens with zero attached hydrogens (tertiary/aromatic N) is 1. The van der Waals surface area contributed by atoms with Crippen molar-refractivity contribution in [2.45, 2.75) is 18.6 Å². The van der Waals surface area contributed by atoms with Gasteiger partial charge in [0.1, 0.15) is 6.26 Å². The van der Waals surface area contributed by atoms with Gasteiger partial charge in [0.25, 0.3) is 5.91 Å². The van der Waals surface area contributed by atoms with E-state index in [0.29, 0.717) is 11.1 Å². The lowest BCUT2D eigenvalue weighted by Gasteiger charge is -2.24. The van der Waals surface area contributed by atoms with E-state index in [1.807, 2.05) is 0 Å². The zero-order valence-electron chi connectivity index (χ0n) is 11.0. The quantitative estimate of drug-likeness (QED) is 0.925. The van der Waals surface area contributed by atoms with Crippen LogP contribution in [0.5, 0.6) is 0 Å². The summed E-state index contributed by atoms with van der Waals surface area (Å²) < 4.78 is 31.3. The molecule has 1 aliphatic heterocycles. The van der Waals surface area contributed by atoms with Gasteiger partial charge in [0, 0.05) is 6.54 Å². The first-order valence-corrected chi connectivity index (χ1v) is 6.52. The number of carbonyl (C=O) groups excluding carboxylic acids is 1. The Morgan fingerprint density at radius 1 is 1.29 bits per heavy atom. The van der Waals surface area contributed by atoms with Crippen LogP contribution in [0.2, 0.25) is 0 Å². The van der Waals surface area contributed by atoms with E-state index in [4.69, 9.17) is 4.42 Å². The number of aliphatic hydroxyl groups is 1. The number of carbonyl (C=O) groups is 1. The van der Waals surface area contributed by atoms with Crippen molar-refractivity contribution < 1.29 is 23.1 Å². The van der Waals surface area contributed by atoms with Crippen LogP contribution in [-0.4, -0.2) is 28.6 Å². The lowest BCUT2D eigenvalue weighted by Crippen LogP contribution is -2.31. The summed E-state index contributed by atoms with van der Waals surface area (Å²) in [6, 6.07) is 4.55. The van der Waals surface area contributed by atoms with E-state index in [0.717, 1.165) is 12.1 Å². The first-order valence-electron chi connectivity index (χ1n) is 6.52. The molecule has 0 bridgehead atoms. The first kappa shape index (κ1) is 13.8. The molecule has 0 unspecified atom stereocenters. The van der Waals surface area contributed by atoms with Crippen LogP contribution in [0, 0.1) is 11.6 Å². The molecule has 110 valence electrons. The minimum atomic E-state index is -0.968. The number of likely N-dealkylation sites (tertiary alicyclic amines) is 1. The lowest BCUT2D eigenvalue weighted by molar-refractivity contribution is 0.0715. The predicted octanol–water partition coefficient (Wildman–Crippen LogP) is 2.51. The Morgan fingerprint density at radius 2 is 2.10 bits per heavy atom. The molecule has 2 heterocycles. The standard InChI is InChI=1S/C15H13F2NO3/c16-12-2-1-9(5-13(12)17)14-6-11(19)7-18(14)15(20)10-3-4-21-8-10/h1-5,8,11,14,19H,6-7H2/t11-,14+/m1/s1. The van der Waals surface area contributed by atoms with Crippen molar-refractivity contribution >= 4 is 5.91 Å². The van der Waals surface area contributed by atoms with E-state index in [2.05, 4.69) is 0 Å². The van der Waals surface area contributed by atoms with E-state index in [1.54, 1.807) is 0 Å². The third kappa shape index (κ3) is 2.54. The van der Waals surface area contributed by atoms with Crippen molar-refractivity contribution in [3.8, 4) is 0 Å². The molecule has 1 saturated heterocycles. The van der Waals surface area contributed by atoms with Crippen molar-refractivity contribution in [1.29, 1.82) is 0 Å². The van der Waals surface area contributed by atoms with Crippen LogP contribution >= 0.6 is 0 Å². The van der Waals surface area contributed by atoms with Gasteiger partial charge in [0.2, 0.25) is 0 Å². The van der Waals surface area contributed by atoms with Gasteiger partial charge in [0.05, 0.1) is 24.0 Å². The van der Waals surface area contributed by atoms with Gasteiger partial charge < -0.3 is 14.4 Å². The highest BCUT2D eigenvalue weighted by Crippen LogP contribution is 2.34. The minimum absolute atomic E-state index is 0.147. The van der Waals surface area contributed by atoms with Crippen molar-refractivity contribution in [3.05, 3.63) is 59.6 Å². The van der Waals surface area contributed by atoms with Gasteiger partial charge in [-0.3, -0.25) is 4.79 Å². The highest BCUT2D eigenvalue weighted by atomic mass is 19.2. The predicted molar refractivity (Wildman–Crippen MR) is 69.5 cm³/mol. The molecule has 6 heteroatoms. The number of furan rings is 1.